The van der Waals surface area contributed by atoms with Crippen LogP contribution in [0.2, 0.25) is 5.15 Å². The molecule has 180 valence electrons. The normalized spacial score (nSPS) is 23.6. The first-order valence-electron chi connectivity index (χ1n) is 10.7. The number of nitrogens with one attached hydrogen (secondary N) is 2. The highest BCUT2D eigenvalue weighted by atomic mass is 35.5. The van der Waals surface area contributed by atoms with Gasteiger partial charge >= 0.3 is 6.09 Å². The van der Waals surface area contributed by atoms with E-state index < -0.39 is 28.2 Å². The maximum atomic E-state index is 14.6. The van der Waals surface area contributed by atoms with Crippen molar-refractivity contribution >= 4 is 40.4 Å². The Morgan fingerprint density at radius 2 is 2.06 bits per heavy atom. The van der Waals surface area contributed by atoms with Crippen molar-refractivity contribution in [2.24, 2.45) is 0 Å². The van der Waals surface area contributed by atoms with E-state index in [1.807, 2.05) is 27.7 Å². The zero-order valence-corrected chi connectivity index (χ0v) is 20.6. The molecule has 2 aliphatic rings. The van der Waals surface area contributed by atoms with Gasteiger partial charge in [-0.15, -0.1) is 0 Å². The van der Waals surface area contributed by atoms with E-state index in [1.54, 1.807) is 11.2 Å². The highest BCUT2D eigenvalue weighted by molar-refractivity contribution is 7.98. The van der Waals surface area contributed by atoms with Crippen LogP contribution in [0.4, 0.5) is 9.18 Å². The molecule has 4 heterocycles. The van der Waals surface area contributed by atoms with Gasteiger partial charge in [0, 0.05) is 12.6 Å². The van der Waals surface area contributed by atoms with Gasteiger partial charge in [0.2, 0.25) is 5.88 Å². The zero-order chi connectivity index (χ0) is 24.1. The smallest absolute Gasteiger partial charge is 0.410 e. The molecule has 0 aliphatic carbocycles. The van der Waals surface area contributed by atoms with Crippen LogP contribution in [-0.2, 0) is 4.74 Å². The number of halogens is 2. The van der Waals surface area contributed by atoms with Crippen molar-refractivity contribution in [3.63, 3.8) is 0 Å². The van der Waals surface area contributed by atoms with Crippen molar-refractivity contribution in [1.82, 2.24) is 25.2 Å². The standard InChI is InChI=1S/C21H27ClFN5O4S/c1-9(14-11-7-6-10(8-24-14)28(11)20(30)32-21(2,3)4)31-18-12-15(13(23)16(22)26-18)25-19(33-5)27-17(12)29/h9-11,14,24H,6-8H2,1-5H3,(H,25,27,29)/t9-,10-,11+,14-/m1/s1. The summed E-state index contributed by atoms with van der Waals surface area (Å²) in [5, 5.41) is 3.16. The highest BCUT2D eigenvalue weighted by Crippen LogP contribution is 2.34. The van der Waals surface area contributed by atoms with Crippen molar-refractivity contribution in [3.05, 3.63) is 21.3 Å². The lowest BCUT2D eigenvalue weighted by Gasteiger charge is -2.42. The first kappa shape index (κ1) is 24.0. The SMILES string of the molecule is CSc1nc2c(F)c(Cl)nc(O[C@H](C)[C@H]3NC[C@H]4CC[C@@H]3N4C(=O)OC(C)(C)C)c2c(=O)[nH]1. The minimum absolute atomic E-state index is 0.0459. The maximum Gasteiger partial charge on any atom is 0.410 e. The number of carbonyl (C=O) groups excluding carboxylic acids is 1. The van der Waals surface area contributed by atoms with Gasteiger partial charge in [-0.25, -0.2) is 14.2 Å². The summed E-state index contributed by atoms with van der Waals surface area (Å²) in [5.41, 5.74) is -1.36. The van der Waals surface area contributed by atoms with E-state index in [0.29, 0.717) is 6.54 Å². The van der Waals surface area contributed by atoms with Gasteiger partial charge in [0.15, 0.2) is 16.1 Å². The van der Waals surface area contributed by atoms with E-state index in [0.717, 1.165) is 12.8 Å². The second-order valence-electron chi connectivity index (χ2n) is 9.26. The summed E-state index contributed by atoms with van der Waals surface area (Å²) >= 11 is 7.16. The molecule has 9 nitrogen and oxygen atoms in total. The number of aromatic amines is 1. The van der Waals surface area contributed by atoms with Crippen molar-refractivity contribution < 1.29 is 18.7 Å². The number of piperazine rings is 1. The van der Waals surface area contributed by atoms with Crippen molar-refractivity contribution in [2.75, 3.05) is 12.8 Å². The molecule has 4 rings (SSSR count). The van der Waals surface area contributed by atoms with Gasteiger partial charge in [-0.05, 0) is 46.8 Å². The molecular formula is C21H27ClFN5O4S. The lowest BCUT2D eigenvalue weighted by Crippen LogP contribution is -2.64. The number of amides is 1. The zero-order valence-electron chi connectivity index (χ0n) is 19.1. The number of hydrogen-bond donors (Lipinski definition) is 2. The molecule has 2 aliphatic heterocycles. The van der Waals surface area contributed by atoms with Gasteiger partial charge in [0.1, 0.15) is 22.6 Å². The number of thioether (sulfide) groups is 1. The largest absolute Gasteiger partial charge is 0.472 e. The van der Waals surface area contributed by atoms with Gasteiger partial charge in [0.25, 0.3) is 5.56 Å². The number of nitrogens with zero attached hydrogens (tertiary/aromatic N) is 3. The van der Waals surface area contributed by atoms with E-state index in [1.165, 1.54) is 11.8 Å². The molecule has 2 bridgehead atoms. The van der Waals surface area contributed by atoms with Crippen LogP contribution >= 0.6 is 23.4 Å². The molecule has 4 atom stereocenters. The fourth-order valence-electron chi connectivity index (χ4n) is 4.48. The van der Waals surface area contributed by atoms with Gasteiger partial charge < -0.3 is 19.8 Å². The van der Waals surface area contributed by atoms with E-state index in [2.05, 4.69) is 20.3 Å². The third-order valence-electron chi connectivity index (χ3n) is 5.85. The molecule has 2 fully saturated rings. The van der Waals surface area contributed by atoms with Crippen LogP contribution in [0.1, 0.15) is 40.5 Å². The average molecular weight is 500 g/mol. The Morgan fingerprint density at radius 1 is 1.33 bits per heavy atom. The summed E-state index contributed by atoms with van der Waals surface area (Å²) in [7, 11) is 0. The lowest BCUT2D eigenvalue weighted by molar-refractivity contribution is -0.00492. The molecule has 33 heavy (non-hydrogen) atoms. The molecular weight excluding hydrogens is 473 g/mol. The third kappa shape index (κ3) is 4.63. The van der Waals surface area contributed by atoms with Gasteiger partial charge in [0.05, 0.1) is 12.1 Å². The number of rotatable bonds is 4. The van der Waals surface area contributed by atoms with Gasteiger partial charge in [-0.2, -0.15) is 4.98 Å². The van der Waals surface area contributed by atoms with Crippen LogP contribution in [0.25, 0.3) is 10.9 Å². The summed E-state index contributed by atoms with van der Waals surface area (Å²) in [4.78, 5) is 38.1. The molecule has 0 radical (unpaired) electrons. The number of hydrogen-bond acceptors (Lipinski definition) is 8. The second-order valence-corrected chi connectivity index (χ2v) is 10.4. The van der Waals surface area contributed by atoms with Crippen molar-refractivity contribution in [1.29, 1.82) is 0 Å². The Hall–Kier alpha value is -2.11. The van der Waals surface area contributed by atoms with E-state index in [-0.39, 0.29) is 46.2 Å². The van der Waals surface area contributed by atoms with E-state index in [9.17, 15) is 14.0 Å². The molecule has 0 spiro atoms. The van der Waals surface area contributed by atoms with Crippen LogP contribution in [0.5, 0.6) is 5.88 Å². The monoisotopic (exact) mass is 499 g/mol. The fourth-order valence-corrected chi connectivity index (χ4v) is 5.03. The Morgan fingerprint density at radius 3 is 2.73 bits per heavy atom. The maximum absolute atomic E-state index is 14.6. The Bertz CT molecular complexity index is 1140. The number of H-pyrrole nitrogens is 1. The number of aromatic nitrogens is 3. The predicted molar refractivity (Wildman–Crippen MR) is 124 cm³/mol. The summed E-state index contributed by atoms with van der Waals surface area (Å²) in [6.45, 7) is 7.90. The van der Waals surface area contributed by atoms with Crippen LogP contribution < -0.4 is 15.6 Å². The summed E-state index contributed by atoms with van der Waals surface area (Å²) in [6.07, 6.45) is 2.48. The van der Waals surface area contributed by atoms with Crippen molar-refractivity contribution in [2.45, 2.75) is 75.5 Å². The first-order chi connectivity index (χ1) is 15.5. The highest BCUT2D eigenvalue weighted by Gasteiger charge is 2.48. The molecule has 2 saturated heterocycles. The quantitative estimate of drug-likeness (QED) is 0.374. The number of pyridine rings is 1. The first-order valence-corrected chi connectivity index (χ1v) is 12.3. The minimum atomic E-state index is -0.876. The summed E-state index contributed by atoms with van der Waals surface area (Å²) in [5.74, 6) is -0.977. The van der Waals surface area contributed by atoms with Crippen LogP contribution in [-0.4, -0.2) is 68.6 Å². The molecule has 0 aromatic carbocycles. The second kappa shape index (κ2) is 8.92. The van der Waals surface area contributed by atoms with E-state index >= 15 is 0 Å². The average Bonchev–Trinajstić information content (AvgIpc) is 3.03. The molecule has 1 amide bonds. The molecule has 0 saturated carbocycles. The third-order valence-corrected chi connectivity index (χ3v) is 6.68. The van der Waals surface area contributed by atoms with Crippen LogP contribution in [0, 0.1) is 5.82 Å². The number of carbonyl (C=O) groups is 1. The molecule has 2 aromatic rings. The fraction of sp³-hybridized carbons (Fsp3) is 0.619. The summed E-state index contributed by atoms with van der Waals surface area (Å²) < 4.78 is 26.3. The van der Waals surface area contributed by atoms with E-state index in [4.69, 9.17) is 21.1 Å². The predicted octanol–water partition coefficient (Wildman–Crippen LogP) is 3.34. The van der Waals surface area contributed by atoms with Gasteiger partial charge in [-0.3, -0.25) is 9.69 Å². The van der Waals surface area contributed by atoms with Crippen LogP contribution in [0.3, 0.4) is 0 Å². The summed E-state index contributed by atoms with van der Waals surface area (Å²) in [6, 6.07) is -0.366. The molecule has 0 unspecified atom stereocenters. The number of ether oxygens (including phenoxy) is 2. The van der Waals surface area contributed by atoms with Crippen LogP contribution in [0.15, 0.2) is 9.95 Å². The molecule has 12 heteroatoms. The van der Waals surface area contributed by atoms with Crippen molar-refractivity contribution in [3.8, 4) is 5.88 Å². The Labute approximate surface area is 199 Å². The minimum Gasteiger partial charge on any atom is -0.472 e. The Kier molecular flexibility index (Phi) is 6.49. The Balaban J connectivity index is 1.63. The lowest BCUT2D eigenvalue weighted by atomic mass is 10.0. The van der Waals surface area contributed by atoms with Gasteiger partial charge in [-0.1, -0.05) is 23.4 Å². The molecule has 2 aromatic heterocycles. The topological polar surface area (TPSA) is 109 Å². The molecule has 2 N–H and O–H groups in total. The number of fused-ring (bicyclic) bond motifs is 3.